The predicted molar refractivity (Wildman–Crippen MR) is 91.9 cm³/mol. The minimum absolute atomic E-state index is 0.0663. The summed E-state index contributed by atoms with van der Waals surface area (Å²) in [5, 5.41) is 0. The molecule has 0 aliphatic carbocycles. The average molecular weight is 442 g/mol. The average Bonchev–Trinajstić information content (AvgIpc) is 3.04. The summed E-state index contributed by atoms with van der Waals surface area (Å²) in [4.78, 5) is 18.5. The summed E-state index contributed by atoms with van der Waals surface area (Å²) < 4.78 is 49.4. The first-order valence-electron chi connectivity index (χ1n) is 7.63. The molecule has 6 nitrogen and oxygen atoms in total. The van der Waals surface area contributed by atoms with E-state index in [1.807, 2.05) is 0 Å². The number of rotatable bonds is 2. The van der Waals surface area contributed by atoms with Crippen molar-refractivity contribution in [2.75, 3.05) is 7.05 Å². The van der Waals surface area contributed by atoms with Gasteiger partial charge in [0, 0.05) is 7.05 Å². The Labute approximate surface area is 159 Å². The van der Waals surface area contributed by atoms with Gasteiger partial charge >= 0.3 is 6.29 Å². The zero-order valence-electron chi connectivity index (χ0n) is 13.7. The molecule has 2 aromatic carbocycles. The largest absolute Gasteiger partial charge is 0.586 e. The van der Waals surface area contributed by atoms with Gasteiger partial charge < -0.3 is 15.2 Å². The number of likely N-dealkylation sites (N-methyl/N-ethyl adjacent to an activating group) is 1. The van der Waals surface area contributed by atoms with Crippen LogP contribution in [0.1, 0.15) is 11.1 Å². The molecule has 0 bridgehead atoms. The second-order valence-corrected chi connectivity index (χ2v) is 6.86. The van der Waals surface area contributed by atoms with Gasteiger partial charge in [0.2, 0.25) is 0 Å². The zero-order chi connectivity index (χ0) is 19.6. The molecule has 2 N–H and O–H groups in total. The van der Waals surface area contributed by atoms with E-state index < -0.39 is 23.6 Å². The molecule has 0 spiro atoms. The number of carbonyl (C=O) groups excluding carboxylic acids is 1. The molecule has 10 heteroatoms. The molecular weight excluding hydrogens is 431 g/mol. The van der Waals surface area contributed by atoms with Gasteiger partial charge in [0.1, 0.15) is 5.82 Å². The van der Waals surface area contributed by atoms with E-state index in [0.717, 1.165) is 4.90 Å². The number of nitrogens with two attached hydrogens (primary N) is 1. The van der Waals surface area contributed by atoms with Crippen molar-refractivity contribution in [3.63, 3.8) is 0 Å². The Balaban J connectivity index is 1.94. The first-order chi connectivity index (χ1) is 12.6. The van der Waals surface area contributed by atoms with Crippen molar-refractivity contribution in [3.05, 3.63) is 57.8 Å². The summed E-state index contributed by atoms with van der Waals surface area (Å²) in [6, 6.07) is 7.84. The third-order valence-electron chi connectivity index (χ3n) is 4.40. The standard InChI is InChI=1S/C17H11BrF3N3O3/c1-24-14(25)16(23-15(24)22,8-2-4-11(19)10(18)6-8)9-3-5-12-13(7-9)27-17(20,21)26-12/h2-7H,1H3,(H2,22,23). The number of nitrogens with zero attached hydrogens (tertiary/aromatic N) is 2. The molecule has 0 saturated carbocycles. The number of hydrogen-bond donors (Lipinski definition) is 1. The highest BCUT2D eigenvalue weighted by Crippen LogP contribution is 2.46. The van der Waals surface area contributed by atoms with E-state index in [9.17, 15) is 18.0 Å². The highest BCUT2D eigenvalue weighted by Gasteiger charge is 2.51. The number of carbonyl (C=O) groups is 1. The van der Waals surface area contributed by atoms with Gasteiger partial charge in [0.25, 0.3) is 5.91 Å². The summed E-state index contributed by atoms with van der Waals surface area (Å²) in [6.07, 6.45) is -3.80. The van der Waals surface area contributed by atoms with Crippen LogP contribution in [-0.4, -0.2) is 30.1 Å². The summed E-state index contributed by atoms with van der Waals surface area (Å²) in [7, 11) is 1.43. The molecule has 2 aliphatic heterocycles. The SMILES string of the molecule is CN1C(=O)C(c2ccc(F)c(Br)c2)(c2ccc3c(c2)OC(F)(F)O3)N=C1N. The van der Waals surface area contributed by atoms with E-state index in [0.29, 0.717) is 5.56 Å². The molecule has 27 heavy (non-hydrogen) atoms. The van der Waals surface area contributed by atoms with Crippen molar-refractivity contribution in [1.29, 1.82) is 0 Å². The van der Waals surface area contributed by atoms with Gasteiger partial charge in [-0.3, -0.25) is 9.69 Å². The van der Waals surface area contributed by atoms with Crippen LogP contribution in [0.15, 0.2) is 45.9 Å². The maximum atomic E-state index is 13.7. The van der Waals surface area contributed by atoms with Crippen molar-refractivity contribution >= 4 is 27.8 Å². The van der Waals surface area contributed by atoms with Crippen LogP contribution in [0.2, 0.25) is 0 Å². The lowest BCUT2D eigenvalue weighted by atomic mass is 9.82. The highest BCUT2D eigenvalue weighted by molar-refractivity contribution is 9.10. The minimum Gasteiger partial charge on any atom is -0.395 e. The summed E-state index contributed by atoms with van der Waals surface area (Å²) in [5.74, 6) is -1.54. The number of halogens is 4. The van der Waals surface area contributed by atoms with Gasteiger partial charge in [-0.25, -0.2) is 9.38 Å². The Morgan fingerprint density at radius 1 is 1.11 bits per heavy atom. The van der Waals surface area contributed by atoms with Crippen molar-refractivity contribution in [3.8, 4) is 11.5 Å². The fourth-order valence-electron chi connectivity index (χ4n) is 3.08. The Kier molecular flexibility index (Phi) is 3.68. The zero-order valence-corrected chi connectivity index (χ0v) is 15.3. The Morgan fingerprint density at radius 3 is 2.37 bits per heavy atom. The summed E-state index contributed by atoms with van der Waals surface area (Å²) in [5.41, 5.74) is 4.69. The summed E-state index contributed by atoms with van der Waals surface area (Å²) in [6.45, 7) is 0. The number of benzene rings is 2. The van der Waals surface area contributed by atoms with Crippen molar-refractivity contribution in [1.82, 2.24) is 4.90 Å². The van der Waals surface area contributed by atoms with Crippen LogP contribution in [0.25, 0.3) is 0 Å². The van der Waals surface area contributed by atoms with Crippen LogP contribution >= 0.6 is 15.9 Å². The van der Waals surface area contributed by atoms with Crippen LogP contribution in [0, 0.1) is 5.82 Å². The highest BCUT2D eigenvalue weighted by atomic mass is 79.9. The lowest BCUT2D eigenvalue weighted by molar-refractivity contribution is -0.286. The second-order valence-electron chi connectivity index (χ2n) is 6.00. The predicted octanol–water partition coefficient (Wildman–Crippen LogP) is 2.94. The number of aliphatic imine (C=N–C) groups is 1. The van der Waals surface area contributed by atoms with E-state index >= 15 is 0 Å². The van der Waals surface area contributed by atoms with Gasteiger partial charge in [-0.1, -0.05) is 12.1 Å². The lowest BCUT2D eigenvalue weighted by Crippen LogP contribution is -2.41. The fourth-order valence-corrected chi connectivity index (χ4v) is 3.46. The third kappa shape index (κ3) is 2.54. The van der Waals surface area contributed by atoms with Gasteiger partial charge in [0.15, 0.2) is 23.0 Å². The normalized spacial score (nSPS) is 22.9. The first kappa shape index (κ1) is 17.7. The summed E-state index contributed by atoms with van der Waals surface area (Å²) >= 11 is 3.08. The quantitative estimate of drug-likeness (QED) is 0.776. The maximum absolute atomic E-state index is 13.7. The molecule has 140 valence electrons. The van der Waals surface area contributed by atoms with E-state index in [2.05, 4.69) is 30.4 Å². The van der Waals surface area contributed by atoms with Crippen LogP contribution in [0.4, 0.5) is 13.2 Å². The number of hydrogen-bond acceptors (Lipinski definition) is 5. The minimum atomic E-state index is -3.80. The smallest absolute Gasteiger partial charge is 0.395 e. The van der Waals surface area contributed by atoms with E-state index in [1.165, 1.54) is 43.4 Å². The van der Waals surface area contributed by atoms with Crippen molar-refractivity contribution in [2.45, 2.75) is 11.8 Å². The molecule has 0 fully saturated rings. The lowest BCUT2D eigenvalue weighted by Gasteiger charge is -2.26. The van der Waals surface area contributed by atoms with Crippen LogP contribution in [-0.2, 0) is 10.3 Å². The molecule has 1 amide bonds. The van der Waals surface area contributed by atoms with E-state index in [1.54, 1.807) is 0 Å². The van der Waals surface area contributed by atoms with Crippen LogP contribution in [0.5, 0.6) is 11.5 Å². The van der Waals surface area contributed by atoms with Gasteiger partial charge in [-0.05, 0) is 51.3 Å². The van der Waals surface area contributed by atoms with Crippen molar-refractivity contribution in [2.24, 2.45) is 10.7 Å². The number of fused-ring (bicyclic) bond motifs is 1. The molecule has 1 atom stereocenters. The topological polar surface area (TPSA) is 77.2 Å². The molecule has 0 radical (unpaired) electrons. The molecule has 2 heterocycles. The molecule has 0 aromatic heterocycles. The van der Waals surface area contributed by atoms with Crippen molar-refractivity contribution < 1.29 is 27.4 Å². The molecule has 1 unspecified atom stereocenters. The van der Waals surface area contributed by atoms with Gasteiger partial charge in [-0.15, -0.1) is 8.78 Å². The van der Waals surface area contributed by atoms with Gasteiger partial charge in [-0.2, -0.15) is 0 Å². The number of guanidine groups is 1. The second kappa shape index (κ2) is 5.62. The molecule has 0 saturated heterocycles. The number of ether oxygens (including phenoxy) is 2. The number of alkyl halides is 2. The van der Waals surface area contributed by atoms with E-state index in [4.69, 9.17) is 5.73 Å². The van der Waals surface area contributed by atoms with Crippen LogP contribution < -0.4 is 15.2 Å². The Hall–Kier alpha value is -2.75. The molecular formula is C17H11BrF3N3O3. The fraction of sp³-hybridized carbons (Fsp3) is 0.176. The Bertz CT molecular complexity index is 1010. The number of amides is 1. The third-order valence-corrected chi connectivity index (χ3v) is 5.00. The van der Waals surface area contributed by atoms with E-state index in [-0.39, 0.29) is 27.5 Å². The van der Waals surface area contributed by atoms with Gasteiger partial charge in [0.05, 0.1) is 4.47 Å². The Morgan fingerprint density at radius 2 is 1.74 bits per heavy atom. The first-order valence-corrected chi connectivity index (χ1v) is 8.43. The monoisotopic (exact) mass is 441 g/mol. The molecule has 2 aromatic rings. The molecule has 4 rings (SSSR count). The maximum Gasteiger partial charge on any atom is 0.586 e. The molecule has 2 aliphatic rings. The van der Waals surface area contributed by atoms with Crippen LogP contribution in [0.3, 0.4) is 0 Å².